The van der Waals surface area contributed by atoms with Crippen molar-refractivity contribution >= 4 is 11.7 Å². The molecule has 2 aromatic carbocycles. The van der Waals surface area contributed by atoms with Gasteiger partial charge in [-0.15, -0.1) is 0 Å². The van der Waals surface area contributed by atoms with Crippen molar-refractivity contribution in [2.45, 2.75) is 19.7 Å². The highest BCUT2D eigenvalue weighted by molar-refractivity contribution is 5.98. The molecule has 0 amide bonds. The standard InChI is InChI=1S/C18H16F3NO4/c1-12(14-5-3-7-16(9-14)25-11-17(23)24)22-26-10-13-4-2-6-15(8-13)18(19,20)21/h2-9H,10-11H2,1H3,(H,23,24)/b22-12+. The first-order chi connectivity index (χ1) is 12.3. The molecule has 0 fully saturated rings. The predicted octanol–water partition coefficient (Wildman–Crippen LogP) is 4.11. The summed E-state index contributed by atoms with van der Waals surface area (Å²) in [5.74, 6) is -0.734. The number of rotatable bonds is 7. The van der Waals surface area contributed by atoms with Crippen LogP contribution in [0.4, 0.5) is 13.2 Å². The maximum Gasteiger partial charge on any atom is 0.416 e. The van der Waals surface area contributed by atoms with Crippen molar-refractivity contribution in [2.24, 2.45) is 5.16 Å². The summed E-state index contributed by atoms with van der Waals surface area (Å²) in [6.45, 7) is 1.07. The smallest absolute Gasteiger partial charge is 0.416 e. The molecular weight excluding hydrogens is 351 g/mol. The van der Waals surface area contributed by atoms with E-state index in [1.165, 1.54) is 12.1 Å². The molecule has 2 aromatic rings. The van der Waals surface area contributed by atoms with Crippen LogP contribution in [0.2, 0.25) is 0 Å². The zero-order valence-corrected chi connectivity index (χ0v) is 13.8. The fraction of sp³-hybridized carbons (Fsp3) is 0.222. The van der Waals surface area contributed by atoms with Crippen LogP contribution in [-0.4, -0.2) is 23.4 Å². The lowest BCUT2D eigenvalue weighted by molar-refractivity contribution is -0.139. The van der Waals surface area contributed by atoms with E-state index in [1.807, 2.05) is 0 Å². The third kappa shape index (κ3) is 5.80. The fourth-order valence-corrected chi connectivity index (χ4v) is 2.05. The van der Waals surface area contributed by atoms with Crippen molar-refractivity contribution in [1.29, 1.82) is 0 Å². The zero-order valence-electron chi connectivity index (χ0n) is 13.8. The Bertz CT molecular complexity index is 803. The molecule has 0 aliphatic carbocycles. The molecule has 0 spiro atoms. The van der Waals surface area contributed by atoms with E-state index in [0.29, 0.717) is 22.6 Å². The molecule has 8 heteroatoms. The van der Waals surface area contributed by atoms with Gasteiger partial charge in [0.15, 0.2) is 6.61 Å². The normalized spacial score (nSPS) is 11.9. The summed E-state index contributed by atoms with van der Waals surface area (Å²) >= 11 is 0. The predicted molar refractivity (Wildman–Crippen MR) is 88.0 cm³/mol. The minimum Gasteiger partial charge on any atom is -0.482 e. The minimum absolute atomic E-state index is 0.115. The summed E-state index contributed by atoms with van der Waals surface area (Å²) in [5, 5.41) is 12.5. The molecule has 5 nitrogen and oxygen atoms in total. The maximum atomic E-state index is 12.7. The van der Waals surface area contributed by atoms with Gasteiger partial charge in [-0.1, -0.05) is 29.4 Å². The van der Waals surface area contributed by atoms with Crippen molar-refractivity contribution in [3.8, 4) is 5.75 Å². The molecule has 0 atom stereocenters. The van der Waals surface area contributed by atoms with E-state index >= 15 is 0 Å². The van der Waals surface area contributed by atoms with Crippen molar-refractivity contribution in [3.63, 3.8) is 0 Å². The molecule has 0 bridgehead atoms. The largest absolute Gasteiger partial charge is 0.482 e. The van der Waals surface area contributed by atoms with Gasteiger partial charge in [0.25, 0.3) is 0 Å². The minimum atomic E-state index is -4.41. The van der Waals surface area contributed by atoms with Gasteiger partial charge in [0.1, 0.15) is 12.4 Å². The molecule has 2 rings (SSSR count). The molecule has 0 heterocycles. The van der Waals surface area contributed by atoms with Crippen LogP contribution in [0.3, 0.4) is 0 Å². The average Bonchev–Trinajstić information content (AvgIpc) is 2.59. The number of benzene rings is 2. The quantitative estimate of drug-likeness (QED) is 0.591. The van der Waals surface area contributed by atoms with Crippen molar-refractivity contribution < 1.29 is 32.6 Å². The number of carbonyl (C=O) groups is 1. The first-order valence-corrected chi connectivity index (χ1v) is 7.53. The van der Waals surface area contributed by atoms with E-state index in [9.17, 15) is 18.0 Å². The topological polar surface area (TPSA) is 68.1 Å². The van der Waals surface area contributed by atoms with Crippen LogP contribution in [0.15, 0.2) is 53.7 Å². The Kier molecular flexibility index (Phi) is 6.21. The number of ether oxygens (including phenoxy) is 1. The number of aliphatic carboxylic acids is 1. The van der Waals surface area contributed by atoms with Gasteiger partial charge in [-0.3, -0.25) is 0 Å². The Morgan fingerprint density at radius 3 is 2.58 bits per heavy atom. The second-order valence-corrected chi connectivity index (χ2v) is 5.36. The number of hydrogen-bond acceptors (Lipinski definition) is 4. The van der Waals surface area contributed by atoms with E-state index in [-0.39, 0.29) is 6.61 Å². The number of oxime groups is 1. The number of carboxylic acids is 1. The lowest BCUT2D eigenvalue weighted by Crippen LogP contribution is -2.09. The molecule has 0 aliphatic heterocycles. The van der Waals surface area contributed by atoms with Crippen LogP contribution in [0, 0.1) is 0 Å². The molecule has 0 saturated heterocycles. The summed E-state index contributed by atoms with van der Waals surface area (Å²) in [4.78, 5) is 15.6. The van der Waals surface area contributed by atoms with Crippen LogP contribution in [0.5, 0.6) is 5.75 Å². The molecular formula is C18H16F3NO4. The highest BCUT2D eigenvalue weighted by Gasteiger charge is 2.30. The van der Waals surface area contributed by atoms with Gasteiger partial charge in [-0.2, -0.15) is 13.2 Å². The molecule has 138 valence electrons. The second-order valence-electron chi connectivity index (χ2n) is 5.36. The van der Waals surface area contributed by atoms with Crippen LogP contribution < -0.4 is 4.74 Å². The van der Waals surface area contributed by atoms with Gasteiger partial charge in [-0.05, 0) is 36.8 Å². The number of hydrogen-bond donors (Lipinski definition) is 1. The molecule has 0 radical (unpaired) electrons. The maximum absolute atomic E-state index is 12.7. The molecule has 26 heavy (non-hydrogen) atoms. The zero-order chi connectivity index (χ0) is 19.2. The number of carboxylic acid groups (broad SMARTS) is 1. The van der Waals surface area contributed by atoms with Gasteiger partial charge >= 0.3 is 12.1 Å². The first-order valence-electron chi connectivity index (χ1n) is 7.53. The van der Waals surface area contributed by atoms with Crippen molar-refractivity contribution in [2.75, 3.05) is 6.61 Å². The summed E-state index contributed by atoms with van der Waals surface area (Å²) in [7, 11) is 0. The monoisotopic (exact) mass is 367 g/mol. The summed E-state index contributed by atoms with van der Waals surface area (Å²) in [6.07, 6.45) is -4.41. The molecule has 0 aromatic heterocycles. The summed E-state index contributed by atoms with van der Waals surface area (Å²) in [5.41, 5.74) is 0.701. The Hall–Kier alpha value is -3.03. The Morgan fingerprint density at radius 1 is 1.15 bits per heavy atom. The van der Waals surface area contributed by atoms with E-state index in [1.54, 1.807) is 31.2 Å². The van der Waals surface area contributed by atoms with Gasteiger partial charge in [0.05, 0.1) is 11.3 Å². The van der Waals surface area contributed by atoms with Crippen LogP contribution in [-0.2, 0) is 22.4 Å². The average molecular weight is 367 g/mol. The number of alkyl halides is 3. The van der Waals surface area contributed by atoms with E-state index in [0.717, 1.165) is 12.1 Å². The van der Waals surface area contributed by atoms with E-state index in [4.69, 9.17) is 14.7 Å². The van der Waals surface area contributed by atoms with Crippen molar-refractivity contribution in [1.82, 2.24) is 0 Å². The molecule has 0 unspecified atom stereocenters. The van der Waals surface area contributed by atoms with Crippen LogP contribution >= 0.6 is 0 Å². The highest BCUT2D eigenvalue weighted by Crippen LogP contribution is 2.29. The molecule has 0 saturated carbocycles. The van der Waals surface area contributed by atoms with Crippen LogP contribution in [0.1, 0.15) is 23.6 Å². The lowest BCUT2D eigenvalue weighted by Gasteiger charge is -2.09. The lowest BCUT2D eigenvalue weighted by atomic mass is 10.1. The molecule has 0 aliphatic rings. The Labute approximate surface area is 147 Å². The third-order valence-corrected chi connectivity index (χ3v) is 3.30. The van der Waals surface area contributed by atoms with Gasteiger partial charge in [0.2, 0.25) is 0 Å². The second kappa shape index (κ2) is 8.37. The first kappa shape index (κ1) is 19.3. The summed E-state index contributed by atoms with van der Waals surface area (Å²) in [6, 6.07) is 11.4. The van der Waals surface area contributed by atoms with Crippen molar-refractivity contribution in [3.05, 3.63) is 65.2 Å². The fourth-order valence-electron chi connectivity index (χ4n) is 2.05. The number of halogens is 3. The van der Waals surface area contributed by atoms with E-state index < -0.39 is 24.3 Å². The third-order valence-electron chi connectivity index (χ3n) is 3.30. The molecule has 1 N–H and O–H groups in total. The SMILES string of the molecule is C/C(=N\OCc1cccc(C(F)(F)F)c1)c1cccc(OCC(=O)O)c1. The van der Waals surface area contributed by atoms with Gasteiger partial charge in [0, 0.05) is 5.56 Å². The summed E-state index contributed by atoms with van der Waals surface area (Å²) < 4.78 is 43.1. The Morgan fingerprint density at radius 2 is 1.88 bits per heavy atom. The Balaban J connectivity index is 2.00. The van der Waals surface area contributed by atoms with Gasteiger partial charge < -0.3 is 14.7 Å². The van der Waals surface area contributed by atoms with Crippen LogP contribution in [0.25, 0.3) is 0 Å². The van der Waals surface area contributed by atoms with E-state index in [2.05, 4.69) is 5.16 Å². The highest BCUT2D eigenvalue weighted by atomic mass is 19.4. The number of nitrogens with zero attached hydrogens (tertiary/aromatic N) is 1. The van der Waals surface area contributed by atoms with Gasteiger partial charge in [-0.25, -0.2) is 4.79 Å².